The van der Waals surface area contributed by atoms with Crippen LogP contribution in [0.3, 0.4) is 0 Å². The van der Waals surface area contributed by atoms with Gasteiger partial charge >= 0.3 is 6.09 Å². The van der Waals surface area contributed by atoms with Crippen LogP contribution >= 0.6 is 0 Å². The first-order valence-corrected chi connectivity index (χ1v) is 5.74. The Bertz CT molecular complexity index is 319. The Balaban J connectivity index is 2.65. The third-order valence-electron chi connectivity index (χ3n) is 2.61. The summed E-state index contributed by atoms with van der Waals surface area (Å²) in [7, 11) is 0. The fraction of sp³-hybridized carbons (Fsp3) is 0.750. The highest BCUT2D eigenvalue weighted by atomic mass is 16.6. The first-order valence-electron chi connectivity index (χ1n) is 5.74. The van der Waals surface area contributed by atoms with Crippen molar-refractivity contribution < 1.29 is 19.7 Å². The molecule has 0 saturated heterocycles. The maximum Gasteiger partial charge on any atom is 0.408 e. The van der Waals surface area contributed by atoms with Crippen LogP contribution in [0, 0.1) is 0 Å². The van der Waals surface area contributed by atoms with Gasteiger partial charge in [0.1, 0.15) is 5.60 Å². The van der Waals surface area contributed by atoms with Gasteiger partial charge in [-0.25, -0.2) is 4.79 Å². The molecule has 5 heteroatoms. The van der Waals surface area contributed by atoms with Crippen LogP contribution < -0.4 is 5.32 Å². The Morgan fingerprint density at radius 3 is 2.59 bits per heavy atom. The van der Waals surface area contributed by atoms with E-state index >= 15 is 0 Å². The molecule has 0 aliphatic heterocycles. The molecule has 0 bridgehead atoms. The van der Waals surface area contributed by atoms with E-state index in [1.807, 2.05) is 0 Å². The molecule has 3 N–H and O–H groups in total. The zero-order valence-corrected chi connectivity index (χ0v) is 10.6. The highest BCUT2D eigenvalue weighted by Gasteiger charge is 2.35. The summed E-state index contributed by atoms with van der Waals surface area (Å²) in [6.07, 6.45) is 2.42. The molecule has 1 aliphatic rings. The molecule has 0 aromatic heterocycles. The van der Waals surface area contributed by atoms with Gasteiger partial charge in [0.05, 0.1) is 18.8 Å². The third-order valence-corrected chi connectivity index (χ3v) is 2.61. The zero-order chi connectivity index (χ0) is 13.1. The SMILES string of the molecule is CC(C)(C)OC(=O)NC1(CO)C=C(CO)CC1. The lowest BCUT2D eigenvalue weighted by Crippen LogP contribution is -2.50. The minimum Gasteiger partial charge on any atom is -0.444 e. The molecule has 0 saturated carbocycles. The molecule has 5 nitrogen and oxygen atoms in total. The third kappa shape index (κ3) is 4.02. The number of carbonyl (C=O) groups is 1. The van der Waals surface area contributed by atoms with Gasteiger partial charge in [0.2, 0.25) is 0 Å². The second-order valence-electron chi connectivity index (χ2n) is 5.40. The summed E-state index contributed by atoms with van der Waals surface area (Å²) in [5, 5.41) is 21.1. The van der Waals surface area contributed by atoms with Gasteiger partial charge in [-0.3, -0.25) is 0 Å². The van der Waals surface area contributed by atoms with Crippen LogP contribution in [0.15, 0.2) is 11.6 Å². The maximum absolute atomic E-state index is 11.6. The van der Waals surface area contributed by atoms with Gasteiger partial charge in [-0.05, 0) is 39.2 Å². The van der Waals surface area contributed by atoms with Crippen molar-refractivity contribution in [2.45, 2.75) is 44.8 Å². The van der Waals surface area contributed by atoms with Crippen LogP contribution in [0.2, 0.25) is 0 Å². The molecule has 0 fully saturated rings. The normalized spacial score (nSPS) is 24.4. The molecular formula is C12H21NO4. The monoisotopic (exact) mass is 243 g/mol. The summed E-state index contributed by atoms with van der Waals surface area (Å²) in [5.74, 6) is 0. The van der Waals surface area contributed by atoms with Crippen molar-refractivity contribution >= 4 is 6.09 Å². The van der Waals surface area contributed by atoms with E-state index in [0.29, 0.717) is 12.8 Å². The van der Waals surface area contributed by atoms with Crippen molar-refractivity contribution in [3.8, 4) is 0 Å². The molecule has 98 valence electrons. The summed E-state index contributed by atoms with van der Waals surface area (Å²) >= 11 is 0. The van der Waals surface area contributed by atoms with E-state index in [1.54, 1.807) is 26.8 Å². The Labute approximate surface area is 101 Å². The minimum absolute atomic E-state index is 0.0439. The average molecular weight is 243 g/mol. The number of aliphatic hydroxyl groups is 2. The van der Waals surface area contributed by atoms with Crippen molar-refractivity contribution in [3.05, 3.63) is 11.6 Å². The fourth-order valence-corrected chi connectivity index (χ4v) is 1.81. The van der Waals surface area contributed by atoms with Gasteiger partial charge in [-0.2, -0.15) is 0 Å². The van der Waals surface area contributed by atoms with Gasteiger partial charge in [-0.15, -0.1) is 0 Å². The topological polar surface area (TPSA) is 78.8 Å². The predicted molar refractivity (Wildman–Crippen MR) is 63.6 cm³/mol. The molecule has 1 unspecified atom stereocenters. The van der Waals surface area contributed by atoms with Crippen molar-refractivity contribution in [3.63, 3.8) is 0 Å². The van der Waals surface area contributed by atoms with E-state index in [-0.39, 0.29) is 13.2 Å². The summed E-state index contributed by atoms with van der Waals surface area (Å²) in [4.78, 5) is 11.6. The summed E-state index contributed by atoms with van der Waals surface area (Å²) in [5.41, 5.74) is -0.529. The fourth-order valence-electron chi connectivity index (χ4n) is 1.81. The van der Waals surface area contributed by atoms with Crippen LogP contribution in [-0.4, -0.2) is 40.7 Å². The largest absolute Gasteiger partial charge is 0.444 e. The van der Waals surface area contributed by atoms with Crippen molar-refractivity contribution in [1.82, 2.24) is 5.32 Å². The number of carbonyl (C=O) groups excluding carboxylic acids is 1. The van der Waals surface area contributed by atoms with Gasteiger partial charge in [0.15, 0.2) is 0 Å². The number of nitrogens with one attached hydrogen (secondary N) is 1. The summed E-state index contributed by atoms with van der Waals surface area (Å²) < 4.78 is 5.14. The highest BCUT2D eigenvalue weighted by Crippen LogP contribution is 2.28. The van der Waals surface area contributed by atoms with E-state index in [9.17, 15) is 9.90 Å². The van der Waals surface area contributed by atoms with Gasteiger partial charge in [-0.1, -0.05) is 6.08 Å². The van der Waals surface area contributed by atoms with E-state index in [2.05, 4.69) is 5.32 Å². The highest BCUT2D eigenvalue weighted by molar-refractivity contribution is 5.69. The Morgan fingerprint density at radius 2 is 2.18 bits per heavy atom. The van der Waals surface area contributed by atoms with E-state index < -0.39 is 17.2 Å². The molecule has 1 rings (SSSR count). The molecule has 0 radical (unpaired) electrons. The van der Waals surface area contributed by atoms with Crippen LogP contribution in [0.4, 0.5) is 4.79 Å². The molecule has 0 aromatic carbocycles. The molecular weight excluding hydrogens is 222 g/mol. The molecule has 0 aromatic rings. The van der Waals surface area contributed by atoms with Crippen LogP contribution in [0.5, 0.6) is 0 Å². The molecule has 0 spiro atoms. The zero-order valence-electron chi connectivity index (χ0n) is 10.6. The lowest BCUT2D eigenvalue weighted by Gasteiger charge is -2.28. The summed E-state index contributed by atoms with van der Waals surface area (Å²) in [6.45, 7) is 5.10. The van der Waals surface area contributed by atoms with E-state index in [4.69, 9.17) is 9.84 Å². The second-order valence-corrected chi connectivity index (χ2v) is 5.40. The standard InChI is InChI=1S/C12H21NO4/c1-11(2,3)17-10(16)13-12(8-15)5-4-9(6-12)7-14/h6,14-15H,4-5,7-8H2,1-3H3,(H,13,16). The van der Waals surface area contributed by atoms with Gasteiger partial charge in [0, 0.05) is 0 Å². The maximum atomic E-state index is 11.6. The van der Waals surface area contributed by atoms with Crippen LogP contribution in [-0.2, 0) is 4.74 Å². The van der Waals surface area contributed by atoms with Gasteiger partial charge in [0.25, 0.3) is 0 Å². The minimum atomic E-state index is -0.791. The lowest BCUT2D eigenvalue weighted by atomic mass is 10.0. The second kappa shape index (κ2) is 5.06. The number of rotatable bonds is 3. The quantitative estimate of drug-likeness (QED) is 0.645. The number of hydrogen-bond acceptors (Lipinski definition) is 4. The average Bonchev–Trinajstić information content (AvgIpc) is 2.59. The molecule has 1 aliphatic carbocycles. The lowest BCUT2D eigenvalue weighted by molar-refractivity contribution is 0.0439. The Morgan fingerprint density at radius 1 is 1.53 bits per heavy atom. The van der Waals surface area contributed by atoms with E-state index in [1.165, 1.54) is 0 Å². The van der Waals surface area contributed by atoms with Crippen LogP contribution in [0.1, 0.15) is 33.6 Å². The predicted octanol–water partition coefficient (Wildman–Crippen LogP) is 0.955. The Hall–Kier alpha value is -1.07. The van der Waals surface area contributed by atoms with Crippen molar-refractivity contribution in [1.29, 1.82) is 0 Å². The smallest absolute Gasteiger partial charge is 0.408 e. The first kappa shape index (κ1) is 14.0. The molecule has 1 amide bonds. The summed E-state index contributed by atoms with van der Waals surface area (Å²) in [6, 6.07) is 0. The molecule has 1 atom stereocenters. The first-order chi connectivity index (χ1) is 7.80. The van der Waals surface area contributed by atoms with Crippen molar-refractivity contribution in [2.75, 3.05) is 13.2 Å². The van der Waals surface area contributed by atoms with Crippen molar-refractivity contribution in [2.24, 2.45) is 0 Å². The number of hydrogen-bond donors (Lipinski definition) is 3. The van der Waals surface area contributed by atoms with E-state index in [0.717, 1.165) is 5.57 Å². The number of alkyl carbamates (subject to hydrolysis) is 1. The van der Waals surface area contributed by atoms with Crippen LogP contribution in [0.25, 0.3) is 0 Å². The molecule has 0 heterocycles. The number of aliphatic hydroxyl groups excluding tert-OH is 2. The van der Waals surface area contributed by atoms with Gasteiger partial charge < -0.3 is 20.3 Å². The number of ether oxygens (including phenoxy) is 1. The number of amides is 1. The Kier molecular flexibility index (Phi) is 4.16. The molecule has 17 heavy (non-hydrogen) atoms.